The van der Waals surface area contributed by atoms with Gasteiger partial charge in [0.1, 0.15) is 4.90 Å². The van der Waals surface area contributed by atoms with Crippen molar-refractivity contribution >= 4 is 15.7 Å². The molecule has 0 amide bonds. The van der Waals surface area contributed by atoms with Crippen LogP contribution in [0.4, 0.5) is 5.69 Å². The first-order valence-electron chi connectivity index (χ1n) is 7.25. The van der Waals surface area contributed by atoms with Crippen molar-refractivity contribution in [2.75, 3.05) is 31.6 Å². The summed E-state index contributed by atoms with van der Waals surface area (Å²) < 4.78 is 28.7. The molecule has 1 aliphatic heterocycles. The van der Waals surface area contributed by atoms with E-state index in [0.717, 1.165) is 32.4 Å². The average Bonchev–Trinajstić information content (AvgIpc) is 2.47. The molecule has 118 valence electrons. The Hall–Kier alpha value is -1.15. The number of nitrogens with two attached hydrogens (primary N) is 1. The third-order valence-electron chi connectivity index (χ3n) is 3.47. The lowest BCUT2D eigenvalue weighted by Crippen LogP contribution is -2.32. The van der Waals surface area contributed by atoms with Crippen LogP contribution in [0, 0.1) is 0 Å². The lowest BCUT2D eigenvalue weighted by Gasteiger charge is -2.23. The van der Waals surface area contributed by atoms with Gasteiger partial charge in [0, 0.05) is 13.2 Å². The summed E-state index contributed by atoms with van der Waals surface area (Å²) in [5, 5.41) is 11.6. The summed E-state index contributed by atoms with van der Waals surface area (Å²) in [6.45, 7) is 3.36. The first-order chi connectivity index (χ1) is 10.1. The largest absolute Gasteiger partial charge is 0.384 e. The number of hydrogen-bond donors (Lipinski definition) is 3. The van der Waals surface area contributed by atoms with Crippen LogP contribution in [0.3, 0.4) is 0 Å². The maximum absolute atomic E-state index is 11.5. The van der Waals surface area contributed by atoms with E-state index in [1.807, 2.05) is 0 Å². The minimum absolute atomic E-state index is 0.129. The van der Waals surface area contributed by atoms with Gasteiger partial charge in [-0.05, 0) is 44.5 Å². The second-order valence-corrected chi connectivity index (χ2v) is 6.67. The van der Waals surface area contributed by atoms with Crippen LogP contribution in [0.5, 0.6) is 0 Å². The monoisotopic (exact) mass is 313 g/mol. The average molecular weight is 313 g/mol. The van der Waals surface area contributed by atoms with Crippen molar-refractivity contribution < 1.29 is 13.2 Å². The first-order valence-corrected chi connectivity index (χ1v) is 8.80. The molecule has 7 heteroatoms. The van der Waals surface area contributed by atoms with Gasteiger partial charge >= 0.3 is 0 Å². The fourth-order valence-electron chi connectivity index (χ4n) is 2.37. The zero-order valence-electron chi connectivity index (χ0n) is 12.0. The Bertz CT molecular complexity index is 542. The number of primary sulfonamides is 1. The van der Waals surface area contributed by atoms with E-state index >= 15 is 0 Å². The molecule has 0 aromatic heterocycles. The van der Waals surface area contributed by atoms with Gasteiger partial charge < -0.3 is 15.4 Å². The second-order valence-electron chi connectivity index (χ2n) is 5.14. The highest BCUT2D eigenvalue weighted by molar-refractivity contribution is 7.89. The molecule has 1 aromatic carbocycles. The van der Waals surface area contributed by atoms with Crippen molar-refractivity contribution in [1.29, 1.82) is 0 Å². The van der Waals surface area contributed by atoms with Crippen molar-refractivity contribution in [2.45, 2.75) is 30.3 Å². The number of hydrogen-bond acceptors (Lipinski definition) is 5. The highest BCUT2D eigenvalue weighted by Crippen LogP contribution is 2.19. The van der Waals surface area contributed by atoms with Gasteiger partial charge in [0.2, 0.25) is 10.0 Å². The summed E-state index contributed by atoms with van der Waals surface area (Å²) in [5.74, 6) is 0. The molecule has 0 aliphatic carbocycles. The van der Waals surface area contributed by atoms with E-state index < -0.39 is 10.0 Å². The summed E-state index contributed by atoms with van der Waals surface area (Å²) in [6, 6.07) is 6.66. The Morgan fingerprint density at radius 2 is 2.00 bits per heavy atom. The molecule has 0 unspecified atom stereocenters. The fourth-order valence-corrected chi connectivity index (χ4v) is 3.08. The number of nitrogens with one attached hydrogen (secondary N) is 2. The van der Waals surface area contributed by atoms with Crippen molar-refractivity contribution in [1.82, 2.24) is 5.32 Å². The molecule has 1 fully saturated rings. The van der Waals surface area contributed by atoms with Crippen molar-refractivity contribution in [3.05, 3.63) is 24.3 Å². The maximum atomic E-state index is 11.5. The summed E-state index contributed by atoms with van der Waals surface area (Å²) in [5.41, 5.74) is 0.543. The topological polar surface area (TPSA) is 93.5 Å². The molecule has 1 aromatic rings. The molecule has 1 saturated heterocycles. The second kappa shape index (κ2) is 7.74. The lowest BCUT2D eigenvalue weighted by atomic mass is 10.1. The number of piperidine rings is 1. The first kappa shape index (κ1) is 16.2. The van der Waals surface area contributed by atoms with Crippen molar-refractivity contribution in [2.24, 2.45) is 5.14 Å². The number of anilines is 1. The van der Waals surface area contributed by atoms with Gasteiger partial charge in [0.15, 0.2) is 0 Å². The van der Waals surface area contributed by atoms with E-state index in [4.69, 9.17) is 9.88 Å². The highest BCUT2D eigenvalue weighted by Gasteiger charge is 2.14. The van der Waals surface area contributed by atoms with E-state index in [2.05, 4.69) is 10.6 Å². The van der Waals surface area contributed by atoms with Gasteiger partial charge in [-0.1, -0.05) is 12.1 Å². The minimum Gasteiger partial charge on any atom is -0.384 e. The molecule has 0 radical (unpaired) electrons. The van der Waals surface area contributed by atoms with Crippen LogP contribution in [-0.2, 0) is 14.8 Å². The summed E-state index contributed by atoms with van der Waals surface area (Å²) >= 11 is 0. The van der Waals surface area contributed by atoms with Crippen LogP contribution in [0.15, 0.2) is 29.2 Å². The Morgan fingerprint density at radius 3 is 2.71 bits per heavy atom. The Labute approximate surface area is 126 Å². The van der Waals surface area contributed by atoms with Crippen LogP contribution in [0.1, 0.15) is 19.3 Å². The molecule has 21 heavy (non-hydrogen) atoms. The van der Waals surface area contributed by atoms with Gasteiger partial charge in [-0.3, -0.25) is 0 Å². The highest BCUT2D eigenvalue weighted by atomic mass is 32.2. The SMILES string of the molecule is NS(=O)(=O)c1ccccc1NCCCOC1CCNCC1. The molecule has 1 aliphatic rings. The molecule has 0 bridgehead atoms. The predicted octanol–water partition coefficient (Wildman–Crippen LogP) is 0.905. The third-order valence-corrected chi connectivity index (χ3v) is 4.44. The normalized spacial score (nSPS) is 16.8. The Morgan fingerprint density at radius 1 is 1.29 bits per heavy atom. The van der Waals surface area contributed by atoms with E-state index in [-0.39, 0.29) is 4.90 Å². The number of sulfonamides is 1. The molecule has 0 atom stereocenters. The number of ether oxygens (including phenoxy) is 1. The van der Waals surface area contributed by atoms with Crippen LogP contribution in [0.2, 0.25) is 0 Å². The zero-order valence-corrected chi connectivity index (χ0v) is 12.9. The Balaban J connectivity index is 1.74. The molecule has 6 nitrogen and oxygen atoms in total. The van der Waals surface area contributed by atoms with E-state index in [1.54, 1.807) is 18.2 Å². The predicted molar refractivity (Wildman–Crippen MR) is 82.8 cm³/mol. The summed E-state index contributed by atoms with van der Waals surface area (Å²) in [7, 11) is -3.69. The van der Waals surface area contributed by atoms with Crippen LogP contribution < -0.4 is 15.8 Å². The van der Waals surface area contributed by atoms with Crippen molar-refractivity contribution in [3.63, 3.8) is 0 Å². The molecule has 1 heterocycles. The minimum atomic E-state index is -3.69. The lowest BCUT2D eigenvalue weighted by molar-refractivity contribution is 0.0329. The van der Waals surface area contributed by atoms with Gasteiger partial charge in [-0.15, -0.1) is 0 Å². The smallest absolute Gasteiger partial charge is 0.240 e. The van der Waals surface area contributed by atoms with Crippen LogP contribution in [-0.4, -0.2) is 40.8 Å². The van der Waals surface area contributed by atoms with Gasteiger partial charge in [0.05, 0.1) is 11.8 Å². The van der Waals surface area contributed by atoms with Gasteiger partial charge in [0.25, 0.3) is 0 Å². The molecular weight excluding hydrogens is 290 g/mol. The number of rotatable bonds is 7. The Kier molecular flexibility index (Phi) is 5.98. The molecule has 2 rings (SSSR count). The quantitative estimate of drug-likeness (QED) is 0.651. The van der Waals surface area contributed by atoms with Crippen LogP contribution >= 0.6 is 0 Å². The number of para-hydroxylation sites is 1. The summed E-state index contributed by atoms with van der Waals surface area (Å²) in [6.07, 6.45) is 3.29. The van der Waals surface area contributed by atoms with Crippen molar-refractivity contribution in [3.8, 4) is 0 Å². The maximum Gasteiger partial charge on any atom is 0.240 e. The van der Waals surface area contributed by atoms with Crippen LogP contribution in [0.25, 0.3) is 0 Å². The molecular formula is C14H23N3O3S. The molecule has 0 spiro atoms. The van der Waals surface area contributed by atoms with E-state index in [1.165, 1.54) is 6.07 Å². The van der Waals surface area contributed by atoms with E-state index in [9.17, 15) is 8.42 Å². The van der Waals surface area contributed by atoms with Gasteiger partial charge in [-0.25, -0.2) is 13.6 Å². The summed E-state index contributed by atoms with van der Waals surface area (Å²) in [4.78, 5) is 0.129. The fraction of sp³-hybridized carbons (Fsp3) is 0.571. The standard InChI is InChI=1S/C14H23N3O3S/c15-21(18,19)14-5-2-1-4-13(14)17-8-3-11-20-12-6-9-16-10-7-12/h1-2,4-5,12,16-17H,3,6-11H2,(H2,15,18,19). The zero-order chi connectivity index (χ0) is 15.1. The molecule has 4 N–H and O–H groups in total. The number of benzene rings is 1. The van der Waals surface area contributed by atoms with E-state index in [0.29, 0.717) is 24.9 Å². The molecule has 0 saturated carbocycles. The third kappa shape index (κ3) is 5.28. The van der Waals surface area contributed by atoms with Gasteiger partial charge in [-0.2, -0.15) is 0 Å².